The number of Topliss-reactive ketones (excluding diaryl/α,β-unsaturated/α-hetero) is 2. The lowest BCUT2D eigenvalue weighted by atomic mass is 10.1. The van der Waals surface area contributed by atoms with Gasteiger partial charge >= 0.3 is 11.9 Å². The molecular formula is C38H43Cl4NO10. The van der Waals surface area contributed by atoms with Crippen LogP contribution < -0.4 is 0 Å². The van der Waals surface area contributed by atoms with Crippen LogP contribution in [-0.4, -0.2) is 89.7 Å². The highest BCUT2D eigenvalue weighted by Gasteiger charge is 2.34. The van der Waals surface area contributed by atoms with Gasteiger partial charge in [-0.2, -0.15) is 0 Å². The predicted molar refractivity (Wildman–Crippen MR) is 208 cm³/mol. The number of esters is 2. The number of amides is 2. The lowest BCUT2D eigenvalue weighted by molar-refractivity contribution is -0.145. The Hall–Kier alpha value is -4.39. The van der Waals surface area contributed by atoms with Crippen LogP contribution in [0.1, 0.15) is 71.8 Å². The smallest absolute Gasteiger partial charge is 0.341 e. The van der Waals surface area contributed by atoms with Crippen molar-refractivity contribution < 1.29 is 48.1 Å². The van der Waals surface area contributed by atoms with Crippen LogP contribution in [0, 0.1) is 0 Å². The number of halogens is 4. The molecule has 0 saturated carbocycles. The highest BCUT2D eigenvalue weighted by molar-refractivity contribution is 6.36. The largest absolute Gasteiger partial charge is 0.466 e. The van der Waals surface area contributed by atoms with Crippen molar-refractivity contribution in [1.29, 1.82) is 0 Å². The second-order valence-electron chi connectivity index (χ2n) is 9.68. The van der Waals surface area contributed by atoms with Gasteiger partial charge in [-0.15, -0.1) is 23.2 Å². The van der Waals surface area contributed by atoms with Gasteiger partial charge in [-0.1, -0.05) is 86.6 Å². The molecule has 1 heterocycles. The number of hydrogen-bond donors (Lipinski definition) is 1. The van der Waals surface area contributed by atoms with Crippen molar-refractivity contribution in [3.63, 3.8) is 0 Å². The lowest BCUT2D eigenvalue weighted by Crippen LogP contribution is -2.32. The Kier molecular flexibility index (Phi) is 26.9. The number of hydrogen-bond acceptors (Lipinski definition) is 10. The van der Waals surface area contributed by atoms with E-state index in [1.807, 2.05) is 0 Å². The summed E-state index contributed by atoms with van der Waals surface area (Å²) in [5.41, 5.74) is 1.86. The molecule has 15 heteroatoms. The Bertz CT molecular complexity index is 1680. The second-order valence-corrected chi connectivity index (χ2v) is 11.0. The van der Waals surface area contributed by atoms with E-state index in [1.54, 1.807) is 86.6 Å². The highest BCUT2D eigenvalue weighted by atomic mass is 35.5. The summed E-state index contributed by atoms with van der Waals surface area (Å²) in [4.78, 5) is 78.6. The first kappa shape index (κ1) is 50.7. The molecule has 0 saturated heterocycles. The number of carbonyl (C=O) groups is 7. The van der Waals surface area contributed by atoms with Gasteiger partial charge in [0.25, 0.3) is 11.8 Å². The van der Waals surface area contributed by atoms with E-state index in [1.165, 1.54) is 6.08 Å². The zero-order valence-corrected chi connectivity index (χ0v) is 30.6. The van der Waals surface area contributed by atoms with E-state index in [9.17, 15) is 33.6 Å². The van der Waals surface area contributed by atoms with Crippen LogP contribution in [0.5, 0.6) is 0 Å². The number of nitrogens with zero attached hydrogens (tertiary/aromatic N) is 1. The Labute approximate surface area is 329 Å². The molecule has 1 aliphatic heterocycles. The van der Waals surface area contributed by atoms with Crippen LogP contribution in [0.25, 0.3) is 6.08 Å². The summed E-state index contributed by atoms with van der Waals surface area (Å²) in [6.45, 7) is 3.69. The number of fused-ring (bicyclic) bond motifs is 1. The molecule has 0 atom stereocenters. The maximum atomic E-state index is 11.6. The molecule has 11 nitrogen and oxygen atoms in total. The maximum absolute atomic E-state index is 11.6. The first-order chi connectivity index (χ1) is 24.4. The number of alkyl halides is 2. The monoisotopic (exact) mass is 813 g/mol. The molecule has 0 aromatic heterocycles. The average molecular weight is 816 g/mol. The second kappa shape index (κ2) is 28.2. The van der Waals surface area contributed by atoms with E-state index < -0.39 is 17.7 Å². The predicted octanol–water partition coefficient (Wildman–Crippen LogP) is 7.54. The van der Waals surface area contributed by atoms with Crippen LogP contribution in [0.4, 0.5) is 0 Å². The first-order valence-corrected chi connectivity index (χ1v) is 16.9. The molecule has 4 rings (SSSR count). The zero-order chi connectivity index (χ0) is 38.3. The zero-order valence-electron chi connectivity index (χ0n) is 27.6. The fourth-order valence-electron chi connectivity index (χ4n) is 3.81. The minimum atomic E-state index is -0.692. The van der Waals surface area contributed by atoms with Gasteiger partial charge in [0.05, 0.1) is 54.3 Å². The number of benzene rings is 3. The molecule has 0 unspecified atom stereocenters. The van der Waals surface area contributed by atoms with Crippen molar-refractivity contribution in [2.75, 3.05) is 38.1 Å². The topological polar surface area (TPSA) is 161 Å². The van der Waals surface area contributed by atoms with E-state index in [4.69, 9.17) is 56.2 Å². The van der Waals surface area contributed by atoms with E-state index >= 15 is 0 Å². The van der Waals surface area contributed by atoms with E-state index in [2.05, 4.69) is 4.74 Å². The van der Waals surface area contributed by atoms with Crippen molar-refractivity contribution in [1.82, 2.24) is 4.90 Å². The third kappa shape index (κ3) is 17.3. The van der Waals surface area contributed by atoms with E-state index in [0.717, 1.165) is 11.2 Å². The molecule has 1 N–H and O–H groups in total. The quantitative estimate of drug-likeness (QED) is 0.0368. The Balaban J connectivity index is 0. The van der Waals surface area contributed by atoms with Crippen LogP contribution in [0.15, 0.2) is 78.4 Å². The number of ketones is 2. The number of aldehydes is 1. The molecule has 0 bridgehead atoms. The maximum Gasteiger partial charge on any atom is 0.341 e. The van der Waals surface area contributed by atoms with E-state index in [-0.39, 0.29) is 76.0 Å². The van der Waals surface area contributed by atoms with Crippen molar-refractivity contribution in [3.8, 4) is 0 Å². The Morgan fingerprint density at radius 2 is 1.21 bits per heavy atom. The minimum Gasteiger partial charge on any atom is -0.466 e. The van der Waals surface area contributed by atoms with Gasteiger partial charge in [0.15, 0.2) is 17.9 Å². The highest BCUT2D eigenvalue weighted by Crippen LogP contribution is 2.22. The normalized spacial score (nSPS) is 10.9. The summed E-state index contributed by atoms with van der Waals surface area (Å²) in [6.07, 6.45) is 1.92. The standard InChI is InChI=1S/C13H12Cl2O3.C10H9NO3.C7H5ClO.C6H9ClO3.2CH4/c1-2-18-13(17)10(12(16)8-14)7-9-5-3-4-6-11(9)15;12-6-5-11-9(13)7-3-1-2-4-8(7)10(11)14;8-7-4-2-1-3-6(7)5-9;1-2-10-6(9)3-5(8)4-7;;/h3-7H,2,8H2,1H3;1-4,12H,5-6H2;1-5H;2-4H2,1H3;2*1H4/b10-7-;;;;;. The van der Waals surface area contributed by atoms with Crippen molar-refractivity contribution in [2.45, 2.75) is 35.1 Å². The molecule has 0 spiro atoms. The summed E-state index contributed by atoms with van der Waals surface area (Å²) in [7, 11) is 0. The fraction of sp³-hybridized carbons (Fsp3) is 0.289. The third-order valence-electron chi connectivity index (χ3n) is 6.15. The summed E-state index contributed by atoms with van der Waals surface area (Å²) in [5, 5.41) is 9.65. The first-order valence-electron chi connectivity index (χ1n) is 15.1. The molecule has 2 amide bonds. The van der Waals surface area contributed by atoms with Gasteiger partial charge in [-0.05, 0) is 49.8 Å². The fourth-order valence-corrected chi connectivity index (χ4v) is 4.42. The van der Waals surface area contributed by atoms with Gasteiger partial charge in [0, 0.05) is 10.6 Å². The molecule has 3 aromatic rings. The molecule has 0 aliphatic carbocycles. The van der Waals surface area contributed by atoms with Crippen molar-refractivity contribution in [2.24, 2.45) is 0 Å². The number of β-amino-alcohol motifs (C(OH)–C–C–N with tert-alkyl or cyclic N) is 1. The molecule has 0 radical (unpaired) electrons. The number of rotatable bonds is 12. The van der Waals surface area contributed by atoms with Gasteiger partial charge < -0.3 is 14.6 Å². The van der Waals surface area contributed by atoms with Crippen LogP contribution >= 0.6 is 46.4 Å². The summed E-state index contributed by atoms with van der Waals surface area (Å²) in [6, 6.07) is 20.5. The van der Waals surface area contributed by atoms with Gasteiger partial charge in [-0.3, -0.25) is 33.7 Å². The Morgan fingerprint density at radius 3 is 1.60 bits per heavy atom. The number of ether oxygens (including phenoxy) is 2. The average Bonchev–Trinajstić information content (AvgIpc) is 3.37. The Morgan fingerprint density at radius 1 is 0.736 bits per heavy atom. The molecular weight excluding hydrogens is 772 g/mol. The number of aliphatic hydroxyl groups excluding tert-OH is 1. The summed E-state index contributed by atoms with van der Waals surface area (Å²) in [5.74, 6) is -3.04. The molecule has 288 valence electrons. The lowest BCUT2D eigenvalue weighted by Gasteiger charge is -2.10. The number of carbonyl (C=O) groups excluding carboxylic acids is 7. The molecule has 0 fully saturated rings. The SMILES string of the molecule is C.C.CCOC(=O)/C(=C\c1ccccc1Cl)C(=O)CCl.CCOC(=O)CC(=O)CCl.O=C1c2ccccc2C(=O)N1CCO.O=Cc1ccccc1Cl. The molecule has 3 aromatic carbocycles. The van der Waals surface area contributed by atoms with Gasteiger partial charge in [-0.25, -0.2) is 4.79 Å². The number of aliphatic hydroxyl groups is 1. The molecule has 53 heavy (non-hydrogen) atoms. The minimum absolute atomic E-state index is 0. The van der Waals surface area contributed by atoms with Gasteiger partial charge in [0.2, 0.25) is 0 Å². The van der Waals surface area contributed by atoms with Crippen LogP contribution in [0.2, 0.25) is 10.0 Å². The van der Waals surface area contributed by atoms with Gasteiger partial charge in [0.1, 0.15) is 12.0 Å². The summed E-state index contributed by atoms with van der Waals surface area (Å²) >= 11 is 22.2. The summed E-state index contributed by atoms with van der Waals surface area (Å²) < 4.78 is 9.31. The number of imide groups is 1. The van der Waals surface area contributed by atoms with E-state index in [0.29, 0.717) is 38.9 Å². The third-order valence-corrected chi connectivity index (χ3v) is 7.38. The van der Waals surface area contributed by atoms with Crippen LogP contribution in [-0.2, 0) is 28.7 Å². The molecule has 1 aliphatic rings. The van der Waals surface area contributed by atoms with Crippen molar-refractivity contribution >= 4 is 94.1 Å². The van der Waals surface area contributed by atoms with Crippen molar-refractivity contribution in [3.05, 3.63) is 111 Å². The van der Waals surface area contributed by atoms with Crippen LogP contribution in [0.3, 0.4) is 0 Å².